The van der Waals surface area contributed by atoms with Crippen LogP contribution >= 0.6 is 23.2 Å². The molecule has 2 heteroatoms. The maximum Gasteiger partial charge on any atom is 0.0408 e. The fourth-order valence-corrected chi connectivity index (χ4v) is 2.76. The Morgan fingerprint density at radius 2 is 1.22 bits per heavy atom. The molecule has 2 aromatic rings. The Bertz CT molecular complexity index is 487. The summed E-state index contributed by atoms with van der Waals surface area (Å²) in [5, 5.41) is 1.56. The Balaban J connectivity index is 2.46. The van der Waals surface area contributed by atoms with Gasteiger partial charge in [-0.15, -0.1) is 0 Å². The van der Waals surface area contributed by atoms with E-state index < -0.39 is 0 Å². The van der Waals surface area contributed by atoms with Crippen molar-refractivity contribution in [1.82, 2.24) is 0 Å². The van der Waals surface area contributed by atoms with Crippen molar-refractivity contribution in [3.05, 3.63) is 69.7 Å². The maximum absolute atomic E-state index is 6.09. The molecule has 0 aliphatic heterocycles. The van der Waals surface area contributed by atoms with E-state index in [-0.39, 0.29) is 0 Å². The predicted molar refractivity (Wildman–Crippen MR) is 79.6 cm³/mol. The molecule has 2 rings (SSSR count). The van der Waals surface area contributed by atoms with Crippen LogP contribution in [0.2, 0.25) is 10.0 Å². The summed E-state index contributed by atoms with van der Waals surface area (Å²) in [7, 11) is 0. The zero-order chi connectivity index (χ0) is 13.1. The third kappa shape index (κ3) is 3.07. The van der Waals surface area contributed by atoms with Gasteiger partial charge in [0.15, 0.2) is 0 Å². The first kappa shape index (κ1) is 13.5. The van der Waals surface area contributed by atoms with E-state index in [1.807, 2.05) is 36.4 Å². The Kier molecular flexibility index (Phi) is 4.31. The third-order valence-electron chi connectivity index (χ3n) is 3.08. The van der Waals surface area contributed by atoms with Crippen LogP contribution in [0.5, 0.6) is 0 Å². The van der Waals surface area contributed by atoms with Crippen LogP contribution < -0.4 is 0 Å². The van der Waals surface area contributed by atoms with Gasteiger partial charge in [-0.1, -0.05) is 61.3 Å². The van der Waals surface area contributed by atoms with E-state index in [1.165, 1.54) is 11.1 Å². The van der Waals surface area contributed by atoms with Crippen LogP contribution in [0.15, 0.2) is 48.5 Å². The quantitative estimate of drug-likeness (QED) is 0.668. The van der Waals surface area contributed by atoms with Crippen LogP contribution in [0.1, 0.15) is 30.9 Å². The summed E-state index contributed by atoms with van der Waals surface area (Å²) in [6.45, 7) is 4.43. The second-order valence-electron chi connectivity index (χ2n) is 4.83. The van der Waals surface area contributed by atoms with E-state index >= 15 is 0 Å². The van der Waals surface area contributed by atoms with Crippen molar-refractivity contribution in [1.29, 1.82) is 0 Å². The minimum Gasteiger partial charge on any atom is -0.0843 e. The van der Waals surface area contributed by atoms with Gasteiger partial charge < -0.3 is 0 Å². The van der Waals surface area contributed by atoms with Crippen LogP contribution in [0, 0.1) is 5.92 Å². The summed E-state index contributed by atoms with van der Waals surface area (Å²) in [5.41, 5.74) is 2.47. The van der Waals surface area contributed by atoms with Crippen LogP contribution in [-0.4, -0.2) is 0 Å². The molecule has 94 valence electrons. The summed E-state index contributed by atoms with van der Waals surface area (Å²) in [4.78, 5) is 0. The monoisotopic (exact) mass is 278 g/mol. The average molecular weight is 279 g/mol. The van der Waals surface area contributed by atoms with Crippen molar-refractivity contribution in [2.24, 2.45) is 5.92 Å². The largest absolute Gasteiger partial charge is 0.0843 e. The lowest BCUT2D eigenvalue weighted by atomic mass is 9.83. The van der Waals surface area contributed by atoms with Crippen LogP contribution in [-0.2, 0) is 0 Å². The smallest absolute Gasteiger partial charge is 0.0408 e. The van der Waals surface area contributed by atoms with Crippen molar-refractivity contribution < 1.29 is 0 Å². The second kappa shape index (κ2) is 5.77. The fourth-order valence-electron chi connectivity index (χ4n) is 2.36. The van der Waals surface area contributed by atoms with Crippen molar-refractivity contribution in [3.8, 4) is 0 Å². The van der Waals surface area contributed by atoms with Crippen LogP contribution in [0.4, 0.5) is 0 Å². The molecular formula is C16H16Cl2. The second-order valence-corrected chi connectivity index (χ2v) is 5.70. The predicted octanol–water partition coefficient (Wildman–Crippen LogP) is 5.78. The molecule has 0 aliphatic carbocycles. The highest BCUT2D eigenvalue weighted by Gasteiger charge is 2.18. The molecular weight excluding hydrogens is 263 g/mol. The molecule has 0 aromatic heterocycles. The fraction of sp³-hybridized carbons (Fsp3) is 0.250. The van der Waals surface area contributed by atoms with E-state index in [1.54, 1.807) is 0 Å². The van der Waals surface area contributed by atoms with E-state index in [4.69, 9.17) is 23.2 Å². The van der Waals surface area contributed by atoms with Gasteiger partial charge in [0.1, 0.15) is 0 Å². The Morgan fingerprint density at radius 1 is 0.778 bits per heavy atom. The number of benzene rings is 2. The van der Waals surface area contributed by atoms with Gasteiger partial charge in [0, 0.05) is 16.0 Å². The number of hydrogen-bond acceptors (Lipinski definition) is 0. The summed E-state index contributed by atoms with van der Waals surface area (Å²) < 4.78 is 0. The van der Waals surface area contributed by atoms with Crippen LogP contribution in [0.25, 0.3) is 0 Å². The summed E-state index contributed by atoms with van der Waals surface area (Å²) in [6.07, 6.45) is 0. The van der Waals surface area contributed by atoms with Gasteiger partial charge in [0.2, 0.25) is 0 Å². The molecule has 0 bridgehead atoms. The highest BCUT2D eigenvalue weighted by Crippen LogP contribution is 2.33. The van der Waals surface area contributed by atoms with Crippen LogP contribution in [0.3, 0.4) is 0 Å². The summed E-state index contributed by atoms with van der Waals surface area (Å²) in [5.74, 6) is 0.810. The third-order valence-corrected chi connectivity index (χ3v) is 3.55. The molecule has 0 saturated carbocycles. The molecule has 2 aromatic carbocycles. The Labute approximate surface area is 119 Å². The van der Waals surface area contributed by atoms with Gasteiger partial charge >= 0.3 is 0 Å². The highest BCUT2D eigenvalue weighted by molar-refractivity contribution is 6.31. The van der Waals surface area contributed by atoms with Crippen molar-refractivity contribution >= 4 is 23.2 Å². The molecule has 0 aliphatic rings. The van der Waals surface area contributed by atoms with E-state index in [2.05, 4.69) is 26.0 Å². The molecule has 0 radical (unpaired) electrons. The zero-order valence-corrected chi connectivity index (χ0v) is 12.0. The first-order chi connectivity index (χ1) is 8.58. The molecule has 0 unspecified atom stereocenters. The lowest BCUT2D eigenvalue weighted by molar-refractivity contribution is 0.564. The molecule has 0 atom stereocenters. The van der Waals surface area contributed by atoms with Gasteiger partial charge in [0.25, 0.3) is 0 Å². The van der Waals surface area contributed by atoms with Crippen molar-refractivity contribution in [2.75, 3.05) is 0 Å². The molecule has 0 saturated heterocycles. The van der Waals surface area contributed by atoms with Gasteiger partial charge in [-0.2, -0.15) is 0 Å². The molecule has 0 N–H and O–H groups in total. The number of hydrogen-bond donors (Lipinski definition) is 0. The maximum atomic E-state index is 6.09. The minimum absolute atomic E-state index is 0.322. The van der Waals surface area contributed by atoms with Gasteiger partial charge in [-0.05, 0) is 41.3 Å². The van der Waals surface area contributed by atoms with E-state index in [0.29, 0.717) is 11.8 Å². The molecule has 0 spiro atoms. The number of halogens is 2. The van der Waals surface area contributed by atoms with Crippen molar-refractivity contribution in [3.63, 3.8) is 0 Å². The standard InChI is InChI=1S/C16H16Cl2/c1-11(2)16(12-5-3-7-14(17)9-12)13-6-4-8-15(18)10-13/h3-11,16H,1-2H3. The lowest BCUT2D eigenvalue weighted by Gasteiger charge is -2.22. The van der Waals surface area contributed by atoms with Gasteiger partial charge in [-0.3, -0.25) is 0 Å². The first-order valence-corrected chi connectivity index (χ1v) is 6.84. The minimum atomic E-state index is 0.322. The molecule has 18 heavy (non-hydrogen) atoms. The normalized spacial score (nSPS) is 11.2. The topological polar surface area (TPSA) is 0 Å². The first-order valence-electron chi connectivity index (χ1n) is 6.09. The summed E-state index contributed by atoms with van der Waals surface area (Å²) >= 11 is 12.2. The highest BCUT2D eigenvalue weighted by atomic mass is 35.5. The Morgan fingerprint density at radius 3 is 1.56 bits per heavy atom. The summed E-state index contributed by atoms with van der Waals surface area (Å²) in [6, 6.07) is 16.1. The van der Waals surface area contributed by atoms with E-state index in [9.17, 15) is 0 Å². The van der Waals surface area contributed by atoms with Gasteiger partial charge in [0.05, 0.1) is 0 Å². The van der Waals surface area contributed by atoms with Gasteiger partial charge in [-0.25, -0.2) is 0 Å². The molecule has 0 heterocycles. The van der Waals surface area contributed by atoms with Crippen molar-refractivity contribution in [2.45, 2.75) is 19.8 Å². The molecule has 0 fully saturated rings. The number of rotatable bonds is 3. The average Bonchev–Trinajstić information content (AvgIpc) is 2.28. The SMILES string of the molecule is CC(C)C(c1cccc(Cl)c1)c1cccc(Cl)c1. The molecule has 0 amide bonds. The zero-order valence-electron chi connectivity index (χ0n) is 10.5. The lowest BCUT2D eigenvalue weighted by Crippen LogP contribution is -2.08. The molecule has 0 nitrogen and oxygen atoms in total. The van der Waals surface area contributed by atoms with E-state index in [0.717, 1.165) is 10.0 Å². The Hall–Kier alpha value is -0.980.